The maximum atomic E-state index is 12.8. The summed E-state index contributed by atoms with van der Waals surface area (Å²) in [6.07, 6.45) is 3.63. The maximum Gasteiger partial charge on any atom is 0.337 e. The zero-order valence-corrected chi connectivity index (χ0v) is 16.4. The number of ether oxygens (including phenoxy) is 1. The van der Waals surface area contributed by atoms with Crippen molar-refractivity contribution in [2.45, 2.75) is 12.8 Å². The Hall–Kier alpha value is -2.64. The van der Waals surface area contributed by atoms with Crippen molar-refractivity contribution in [1.29, 1.82) is 0 Å². The number of benzene rings is 1. The van der Waals surface area contributed by atoms with Crippen molar-refractivity contribution in [1.82, 2.24) is 10.3 Å². The van der Waals surface area contributed by atoms with Crippen LogP contribution in [-0.4, -0.2) is 43.6 Å². The number of amides is 1. The van der Waals surface area contributed by atoms with Crippen molar-refractivity contribution in [3.8, 4) is 0 Å². The molecule has 1 aromatic heterocycles. The topological polar surface area (TPSA) is 92.4 Å². The Labute approximate surface area is 168 Å². The Kier molecular flexibility index (Phi) is 6.84. The molecule has 2 aromatic rings. The van der Waals surface area contributed by atoms with Crippen LogP contribution in [0.3, 0.4) is 0 Å². The molecule has 2 heterocycles. The summed E-state index contributed by atoms with van der Waals surface area (Å²) in [7, 11) is 1.31. The third-order valence-corrected chi connectivity index (χ3v) is 4.92. The summed E-state index contributed by atoms with van der Waals surface area (Å²) in [5.74, 6) is 0.0505. The first-order valence-electron chi connectivity index (χ1n) is 9.16. The van der Waals surface area contributed by atoms with E-state index in [1.807, 2.05) is 0 Å². The third kappa shape index (κ3) is 5.21. The van der Waals surface area contributed by atoms with Crippen molar-refractivity contribution < 1.29 is 14.3 Å². The van der Waals surface area contributed by atoms with Crippen LogP contribution in [0.1, 0.15) is 33.6 Å². The van der Waals surface area contributed by atoms with Crippen molar-refractivity contribution in [2.24, 2.45) is 5.92 Å². The van der Waals surface area contributed by atoms with Crippen molar-refractivity contribution in [3.63, 3.8) is 0 Å². The number of carbonyl (C=O) groups is 2. The number of rotatable bonds is 6. The Bertz CT molecular complexity index is 836. The largest absolute Gasteiger partial charge is 0.465 e. The Morgan fingerprint density at radius 3 is 2.71 bits per heavy atom. The fourth-order valence-corrected chi connectivity index (χ4v) is 3.22. The second kappa shape index (κ2) is 9.52. The summed E-state index contributed by atoms with van der Waals surface area (Å²) in [4.78, 5) is 28.8. The number of halogens is 1. The number of hydrogen-bond donors (Lipinski definition) is 3. The number of piperidine rings is 1. The summed E-state index contributed by atoms with van der Waals surface area (Å²) in [6.45, 7) is 2.77. The highest BCUT2D eigenvalue weighted by Crippen LogP contribution is 2.22. The van der Waals surface area contributed by atoms with Crippen molar-refractivity contribution >= 4 is 35.0 Å². The summed E-state index contributed by atoms with van der Waals surface area (Å²) in [5, 5.41) is 9.92. The molecule has 0 saturated carbocycles. The highest BCUT2D eigenvalue weighted by Gasteiger charge is 2.18. The molecular weight excluding hydrogens is 380 g/mol. The van der Waals surface area contributed by atoms with E-state index in [2.05, 4.69) is 20.9 Å². The number of pyridine rings is 1. The molecule has 1 saturated heterocycles. The molecule has 28 heavy (non-hydrogen) atoms. The van der Waals surface area contributed by atoms with E-state index in [1.54, 1.807) is 24.3 Å². The molecule has 1 fully saturated rings. The normalized spacial score (nSPS) is 14.4. The quantitative estimate of drug-likeness (QED) is 0.643. The number of carbonyl (C=O) groups excluding carboxylic acids is 2. The van der Waals surface area contributed by atoms with E-state index >= 15 is 0 Å². The lowest BCUT2D eigenvalue weighted by Crippen LogP contribution is -2.31. The monoisotopic (exact) mass is 402 g/mol. The van der Waals surface area contributed by atoms with Gasteiger partial charge in [-0.25, -0.2) is 9.78 Å². The highest BCUT2D eigenvalue weighted by atomic mass is 35.5. The molecule has 1 aliphatic rings. The standard InChI is InChI=1S/C20H23ClN4O3/c1-28-20(27)14-2-4-17(23-11-13-6-8-22-9-7-13)16(10-14)19(26)25-18-5-3-15(21)12-24-18/h2-5,10,12-13,22-23H,6-9,11H2,1H3,(H,24,25,26). The van der Waals surface area contributed by atoms with Gasteiger partial charge in [0.15, 0.2) is 0 Å². The van der Waals surface area contributed by atoms with Gasteiger partial charge in [0.2, 0.25) is 0 Å². The van der Waals surface area contributed by atoms with E-state index in [9.17, 15) is 9.59 Å². The van der Waals surface area contributed by atoms with Gasteiger partial charge in [-0.3, -0.25) is 4.79 Å². The van der Waals surface area contributed by atoms with Gasteiger partial charge in [0.05, 0.1) is 23.3 Å². The van der Waals surface area contributed by atoms with E-state index in [1.165, 1.54) is 19.4 Å². The van der Waals surface area contributed by atoms with Crippen LogP contribution in [0, 0.1) is 5.92 Å². The summed E-state index contributed by atoms with van der Waals surface area (Å²) in [6, 6.07) is 8.17. The van der Waals surface area contributed by atoms with Crippen LogP contribution in [0.2, 0.25) is 5.02 Å². The van der Waals surface area contributed by atoms with E-state index in [0.717, 1.165) is 32.5 Å². The minimum absolute atomic E-state index is 0.309. The molecule has 0 spiro atoms. The van der Waals surface area contributed by atoms with E-state index < -0.39 is 5.97 Å². The number of anilines is 2. The molecule has 8 heteroatoms. The highest BCUT2D eigenvalue weighted by molar-refractivity contribution is 6.30. The third-order valence-electron chi connectivity index (χ3n) is 4.69. The van der Waals surface area contributed by atoms with Crippen LogP contribution in [0.25, 0.3) is 0 Å². The zero-order chi connectivity index (χ0) is 19.9. The van der Waals surface area contributed by atoms with Gasteiger partial charge >= 0.3 is 5.97 Å². The van der Waals surface area contributed by atoms with E-state index in [0.29, 0.717) is 33.6 Å². The first-order chi connectivity index (χ1) is 13.6. The van der Waals surface area contributed by atoms with E-state index in [4.69, 9.17) is 16.3 Å². The fourth-order valence-electron chi connectivity index (χ4n) is 3.10. The van der Waals surface area contributed by atoms with Gasteiger partial charge in [0.25, 0.3) is 5.91 Å². The number of esters is 1. The molecule has 7 nitrogen and oxygen atoms in total. The Morgan fingerprint density at radius 2 is 2.04 bits per heavy atom. The lowest BCUT2D eigenvalue weighted by Gasteiger charge is -2.24. The summed E-state index contributed by atoms with van der Waals surface area (Å²) >= 11 is 5.84. The minimum Gasteiger partial charge on any atom is -0.465 e. The van der Waals surface area contributed by atoms with Gasteiger partial charge < -0.3 is 20.7 Å². The molecule has 3 N–H and O–H groups in total. The molecular formula is C20H23ClN4O3. The van der Waals surface area contributed by atoms with Gasteiger partial charge in [-0.15, -0.1) is 0 Å². The molecule has 148 valence electrons. The number of nitrogens with zero attached hydrogens (tertiary/aromatic N) is 1. The van der Waals surface area contributed by atoms with Crippen molar-refractivity contribution in [2.75, 3.05) is 37.4 Å². The predicted octanol–water partition coefficient (Wildman–Crippen LogP) is 3.19. The van der Waals surface area contributed by atoms with Gasteiger partial charge in [0, 0.05) is 18.4 Å². The summed E-state index contributed by atoms with van der Waals surface area (Å²) < 4.78 is 4.77. The fraction of sp³-hybridized carbons (Fsp3) is 0.350. The van der Waals surface area contributed by atoms with Crippen LogP contribution in [0.4, 0.5) is 11.5 Å². The lowest BCUT2D eigenvalue weighted by atomic mass is 9.98. The average Bonchev–Trinajstić information content (AvgIpc) is 2.74. The molecule has 0 radical (unpaired) electrons. The first kappa shape index (κ1) is 20.1. The van der Waals surface area contributed by atoms with Gasteiger partial charge in [-0.2, -0.15) is 0 Å². The molecule has 1 amide bonds. The number of hydrogen-bond acceptors (Lipinski definition) is 6. The molecule has 0 atom stereocenters. The van der Waals surface area contributed by atoms with Crippen LogP contribution in [-0.2, 0) is 4.74 Å². The first-order valence-corrected chi connectivity index (χ1v) is 9.54. The molecule has 0 bridgehead atoms. The lowest BCUT2D eigenvalue weighted by molar-refractivity contribution is 0.0600. The van der Waals surface area contributed by atoms with E-state index in [-0.39, 0.29) is 5.91 Å². The molecule has 1 aromatic carbocycles. The van der Waals surface area contributed by atoms with Gasteiger partial charge in [-0.05, 0) is 62.2 Å². The summed E-state index contributed by atoms with van der Waals surface area (Å²) in [5.41, 5.74) is 1.33. The average molecular weight is 403 g/mol. The minimum atomic E-state index is -0.497. The second-order valence-electron chi connectivity index (χ2n) is 6.64. The van der Waals surface area contributed by atoms with Gasteiger partial charge in [-0.1, -0.05) is 11.6 Å². The van der Waals surface area contributed by atoms with Crippen LogP contribution in [0.5, 0.6) is 0 Å². The second-order valence-corrected chi connectivity index (χ2v) is 7.08. The Morgan fingerprint density at radius 1 is 1.25 bits per heavy atom. The maximum absolute atomic E-state index is 12.8. The molecule has 3 rings (SSSR count). The van der Waals surface area contributed by atoms with Crippen molar-refractivity contribution in [3.05, 3.63) is 52.7 Å². The van der Waals surface area contributed by atoms with Gasteiger partial charge in [0.1, 0.15) is 5.82 Å². The predicted molar refractivity (Wildman–Crippen MR) is 109 cm³/mol. The number of methoxy groups -OCH3 is 1. The smallest absolute Gasteiger partial charge is 0.337 e. The van der Waals surface area contributed by atoms with Crippen LogP contribution < -0.4 is 16.0 Å². The Balaban J connectivity index is 1.80. The number of aromatic nitrogens is 1. The zero-order valence-electron chi connectivity index (χ0n) is 15.6. The van der Waals surface area contributed by atoms with Crippen LogP contribution >= 0.6 is 11.6 Å². The molecule has 0 unspecified atom stereocenters. The number of nitrogens with one attached hydrogen (secondary N) is 3. The van der Waals surface area contributed by atoms with Crippen LogP contribution in [0.15, 0.2) is 36.5 Å². The molecule has 1 aliphatic heterocycles. The molecule has 0 aliphatic carbocycles. The SMILES string of the molecule is COC(=O)c1ccc(NCC2CCNCC2)c(C(=O)Nc2ccc(Cl)cn2)c1.